The summed E-state index contributed by atoms with van der Waals surface area (Å²) >= 11 is 0. The summed E-state index contributed by atoms with van der Waals surface area (Å²) < 4.78 is 0. The Morgan fingerprint density at radius 2 is 1.47 bits per heavy atom. The van der Waals surface area contributed by atoms with Crippen molar-refractivity contribution in [2.75, 3.05) is 11.6 Å². The van der Waals surface area contributed by atoms with E-state index in [-0.39, 0.29) is 5.91 Å². The number of hydrogen-bond donors (Lipinski definition) is 3. The van der Waals surface area contributed by atoms with Crippen LogP contribution < -0.4 is 16.2 Å². The summed E-state index contributed by atoms with van der Waals surface area (Å²) in [5.41, 5.74) is 10.2. The topological polar surface area (TPSA) is 78.6 Å². The van der Waals surface area contributed by atoms with Gasteiger partial charge in [-0.15, -0.1) is 0 Å². The fourth-order valence-corrected chi connectivity index (χ4v) is 5.14. The SMILES string of the molecule is N[C@H](CC1CCCCC1)C(O)C(=O)NN(CC1CCCCCCC1)c1ccccc1. The molecule has 1 unspecified atom stereocenters. The van der Waals surface area contributed by atoms with Gasteiger partial charge in [-0.25, -0.2) is 0 Å². The quantitative estimate of drug-likeness (QED) is 0.545. The second-order valence-electron chi connectivity index (χ2n) is 9.48. The van der Waals surface area contributed by atoms with Gasteiger partial charge in [-0.2, -0.15) is 0 Å². The molecule has 1 amide bonds. The molecule has 1 aromatic carbocycles. The molecule has 3 rings (SSSR count). The van der Waals surface area contributed by atoms with E-state index in [0.29, 0.717) is 11.8 Å². The van der Waals surface area contributed by atoms with Crippen LogP contribution >= 0.6 is 0 Å². The Hall–Kier alpha value is -1.59. The third-order valence-electron chi connectivity index (χ3n) is 6.98. The smallest absolute Gasteiger partial charge is 0.268 e. The van der Waals surface area contributed by atoms with Crippen LogP contribution in [-0.4, -0.2) is 29.7 Å². The minimum absolute atomic E-state index is 0.381. The first-order valence-corrected chi connectivity index (χ1v) is 12.2. The molecule has 5 heteroatoms. The van der Waals surface area contributed by atoms with Crippen molar-refractivity contribution in [1.82, 2.24) is 5.43 Å². The summed E-state index contributed by atoms with van der Waals surface area (Å²) in [6.45, 7) is 0.778. The molecule has 0 aliphatic heterocycles. The summed E-state index contributed by atoms with van der Waals surface area (Å²) in [6, 6.07) is 9.46. The summed E-state index contributed by atoms with van der Waals surface area (Å²) in [6.07, 6.45) is 14.5. The first-order chi connectivity index (χ1) is 14.6. The fraction of sp³-hybridized carbons (Fsp3) is 0.720. The van der Waals surface area contributed by atoms with Gasteiger partial charge in [0.15, 0.2) is 0 Å². The average molecular weight is 416 g/mol. The molecule has 5 nitrogen and oxygen atoms in total. The summed E-state index contributed by atoms with van der Waals surface area (Å²) in [5, 5.41) is 12.6. The lowest BCUT2D eigenvalue weighted by atomic mass is 9.84. The molecule has 2 atom stereocenters. The Labute approximate surface area is 182 Å². The number of benzene rings is 1. The van der Waals surface area contributed by atoms with Gasteiger partial charge in [0.25, 0.3) is 5.91 Å². The third kappa shape index (κ3) is 7.28. The van der Waals surface area contributed by atoms with E-state index < -0.39 is 12.1 Å². The number of amides is 1. The summed E-state index contributed by atoms with van der Waals surface area (Å²) in [7, 11) is 0. The predicted molar refractivity (Wildman–Crippen MR) is 123 cm³/mol. The van der Waals surface area contributed by atoms with Crippen molar-refractivity contribution in [3.05, 3.63) is 30.3 Å². The van der Waals surface area contributed by atoms with Gasteiger partial charge >= 0.3 is 0 Å². The van der Waals surface area contributed by atoms with Crippen LogP contribution in [0.25, 0.3) is 0 Å². The van der Waals surface area contributed by atoms with Gasteiger partial charge in [0.05, 0.1) is 5.69 Å². The molecule has 168 valence electrons. The van der Waals surface area contributed by atoms with Gasteiger partial charge in [0.1, 0.15) is 6.10 Å². The Kier molecular flexibility index (Phi) is 9.47. The normalized spacial score (nSPS) is 21.3. The first kappa shape index (κ1) is 23.1. The Morgan fingerprint density at radius 3 is 2.10 bits per heavy atom. The highest BCUT2D eigenvalue weighted by atomic mass is 16.3. The molecule has 0 spiro atoms. The van der Waals surface area contributed by atoms with Crippen LogP contribution in [0.15, 0.2) is 30.3 Å². The van der Waals surface area contributed by atoms with Gasteiger partial charge in [0, 0.05) is 12.6 Å². The van der Waals surface area contributed by atoms with Crippen molar-refractivity contribution >= 4 is 11.6 Å². The zero-order valence-corrected chi connectivity index (χ0v) is 18.5. The predicted octanol–water partition coefficient (Wildman–Crippen LogP) is 4.54. The van der Waals surface area contributed by atoms with E-state index in [1.165, 1.54) is 77.0 Å². The molecule has 2 aliphatic rings. The van der Waals surface area contributed by atoms with E-state index in [1.54, 1.807) is 0 Å². The van der Waals surface area contributed by atoms with Crippen molar-refractivity contribution in [3.8, 4) is 0 Å². The number of nitrogens with zero attached hydrogens (tertiary/aromatic N) is 1. The maximum absolute atomic E-state index is 12.9. The molecule has 0 bridgehead atoms. The van der Waals surface area contributed by atoms with Crippen LogP contribution in [0, 0.1) is 11.8 Å². The van der Waals surface area contributed by atoms with Crippen molar-refractivity contribution in [1.29, 1.82) is 0 Å². The number of carbonyl (C=O) groups excluding carboxylic acids is 1. The van der Waals surface area contributed by atoms with E-state index in [0.717, 1.165) is 18.7 Å². The maximum atomic E-state index is 12.9. The molecule has 2 fully saturated rings. The molecule has 0 saturated heterocycles. The molecule has 2 aliphatic carbocycles. The number of aliphatic hydroxyl groups is 1. The molecule has 0 radical (unpaired) electrons. The van der Waals surface area contributed by atoms with Gasteiger partial charge in [0.2, 0.25) is 0 Å². The molecule has 1 aromatic rings. The van der Waals surface area contributed by atoms with Crippen LogP contribution in [0.4, 0.5) is 5.69 Å². The molecular formula is C25H41N3O2. The van der Waals surface area contributed by atoms with E-state index in [2.05, 4.69) is 5.43 Å². The van der Waals surface area contributed by atoms with Crippen molar-refractivity contribution in [2.45, 2.75) is 95.6 Å². The Bertz CT molecular complexity index is 610. The van der Waals surface area contributed by atoms with Crippen LogP contribution in [0.1, 0.15) is 83.5 Å². The summed E-state index contributed by atoms with van der Waals surface area (Å²) in [5.74, 6) is 0.711. The molecular weight excluding hydrogens is 374 g/mol. The van der Waals surface area contributed by atoms with E-state index >= 15 is 0 Å². The second kappa shape index (κ2) is 12.3. The lowest BCUT2D eigenvalue weighted by Crippen LogP contribution is -2.54. The van der Waals surface area contributed by atoms with Crippen molar-refractivity contribution in [3.63, 3.8) is 0 Å². The number of para-hydroxylation sites is 1. The van der Waals surface area contributed by atoms with Gasteiger partial charge in [-0.3, -0.25) is 15.2 Å². The number of carbonyl (C=O) groups is 1. The highest BCUT2D eigenvalue weighted by molar-refractivity contribution is 5.82. The number of hydrazine groups is 1. The Balaban J connectivity index is 1.60. The molecule has 0 aromatic heterocycles. The van der Waals surface area contributed by atoms with E-state index in [9.17, 15) is 9.90 Å². The number of nitrogens with one attached hydrogen (secondary N) is 1. The zero-order valence-electron chi connectivity index (χ0n) is 18.5. The number of nitrogens with two attached hydrogens (primary N) is 1. The van der Waals surface area contributed by atoms with Crippen molar-refractivity contribution < 1.29 is 9.90 Å². The van der Waals surface area contributed by atoms with Crippen LogP contribution in [0.5, 0.6) is 0 Å². The lowest BCUT2D eigenvalue weighted by Gasteiger charge is -2.32. The van der Waals surface area contributed by atoms with E-state index in [4.69, 9.17) is 5.73 Å². The van der Waals surface area contributed by atoms with Crippen LogP contribution in [-0.2, 0) is 4.79 Å². The van der Waals surface area contributed by atoms with Gasteiger partial charge in [-0.1, -0.05) is 82.4 Å². The number of hydrogen-bond acceptors (Lipinski definition) is 4. The third-order valence-corrected chi connectivity index (χ3v) is 6.98. The highest BCUT2D eigenvalue weighted by Gasteiger charge is 2.28. The van der Waals surface area contributed by atoms with Crippen LogP contribution in [0.2, 0.25) is 0 Å². The number of rotatable bonds is 8. The largest absolute Gasteiger partial charge is 0.382 e. The fourth-order valence-electron chi connectivity index (χ4n) is 5.14. The number of aliphatic hydroxyl groups excluding tert-OH is 1. The maximum Gasteiger partial charge on any atom is 0.268 e. The lowest BCUT2D eigenvalue weighted by molar-refractivity contribution is -0.130. The number of anilines is 1. The Morgan fingerprint density at radius 1 is 0.933 bits per heavy atom. The molecule has 30 heavy (non-hydrogen) atoms. The standard InChI is InChI=1S/C25H41N3O2/c26-23(18-20-12-8-4-9-13-20)24(29)25(30)27-28(22-16-10-5-11-17-22)19-21-14-6-2-1-3-7-15-21/h5,10-11,16-17,20-21,23-24,29H,1-4,6-9,12-15,18-19,26H2,(H,27,30)/t23-,24?/m1/s1. The average Bonchev–Trinajstić information content (AvgIpc) is 2.75. The minimum atomic E-state index is -1.17. The monoisotopic (exact) mass is 415 g/mol. The van der Waals surface area contributed by atoms with Gasteiger partial charge in [-0.05, 0) is 43.2 Å². The first-order valence-electron chi connectivity index (χ1n) is 12.2. The zero-order chi connectivity index (χ0) is 21.2. The highest BCUT2D eigenvalue weighted by Crippen LogP contribution is 2.28. The summed E-state index contributed by atoms with van der Waals surface area (Å²) in [4.78, 5) is 12.9. The van der Waals surface area contributed by atoms with E-state index in [1.807, 2.05) is 35.3 Å². The van der Waals surface area contributed by atoms with Gasteiger partial charge < -0.3 is 10.8 Å². The minimum Gasteiger partial charge on any atom is -0.382 e. The molecule has 2 saturated carbocycles. The second-order valence-corrected chi connectivity index (χ2v) is 9.48. The molecule has 0 heterocycles. The molecule has 4 N–H and O–H groups in total. The van der Waals surface area contributed by atoms with Crippen molar-refractivity contribution in [2.24, 2.45) is 17.6 Å². The van der Waals surface area contributed by atoms with Crippen LogP contribution in [0.3, 0.4) is 0 Å².